The predicted molar refractivity (Wildman–Crippen MR) is 97.7 cm³/mol. The number of amides is 2. The number of alkyl halides is 2. The van der Waals surface area contributed by atoms with Crippen LogP contribution < -0.4 is 15.0 Å². The lowest BCUT2D eigenvalue weighted by molar-refractivity contribution is -0.0498. The third-order valence-electron chi connectivity index (χ3n) is 3.84. The molecule has 0 aliphatic heterocycles. The molecule has 0 aliphatic carbocycles. The van der Waals surface area contributed by atoms with E-state index in [9.17, 15) is 13.6 Å². The van der Waals surface area contributed by atoms with Crippen LogP contribution in [0.2, 0.25) is 0 Å². The van der Waals surface area contributed by atoms with Gasteiger partial charge >= 0.3 is 12.6 Å². The first-order valence-corrected chi connectivity index (χ1v) is 8.24. The quantitative estimate of drug-likeness (QED) is 0.780. The van der Waals surface area contributed by atoms with Gasteiger partial charge in [-0.25, -0.2) is 4.79 Å². The maximum atomic E-state index is 12.2. The second kappa shape index (κ2) is 9.60. The highest BCUT2D eigenvalue weighted by molar-refractivity contribution is 5.73. The summed E-state index contributed by atoms with van der Waals surface area (Å²) < 4.78 is 28.6. The molecule has 0 fully saturated rings. The van der Waals surface area contributed by atoms with Crippen LogP contribution in [-0.4, -0.2) is 44.7 Å². The normalized spacial score (nSPS) is 10.5. The smallest absolute Gasteiger partial charge is 0.387 e. The number of carbonyl (C=O) groups is 1. The second-order valence-corrected chi connectivity index (χ2v) is 5.87. The number of carbonyl (C=O) groups excluding carboxylic acids is 1. The summed E-state index contributed by atoms with van der Waals surface area (Å²) in [6.07, 6.45) is 0. The summed E-state index contributed by atoms with van der Waals surface area (Å²) in [5.41, 5.74) is 1.91. The number of anilines is 1. The van der Waals surface area contributed by atoms with Crippen molar-refractivity contribution in [1.29, 1.82) is 0 Å². The molecule has 0 saturated heterocycles. The number of hydrogen-bond acceptors (Lipinski definition) is 3. The molecule has 0 bridgehead atoms. The molecule has 0 aromatic heterocycles. The van der Waals surface area contributed by atoms with Gasteiger partial charge in [0, 0.05) is 39.4 Å². The van der Waals surface area contributed by atoms with E-state index >= 15 is 0 Å². The Balaban J connectivity index is 1.75. The van der Waals surface area contributed by atoms with Crippen molar-refractivity contribution in [2.24, 2.45) is 0 Å². The van der Waals surface area contributed by atoms with Crippen LogP contribution >= 0.6 is 0 Å². The largest absolute Gasteiger partial charge is 0.435 e. The minimum atomic E-state index is -2.84. The summed E-state index contributed by atoms with van der Waals surface area (Å²) in [4.78, 5) is 15.7. The van der Waals surface area contributed by atoms with Crippen molar-refractivity contribution in [2.45, 2.75) is 13.2 Å². The Morgan fingerprint density at radius 1 is 1.08 bits per heavy atom. The molecule has 0 saturated carbocycles. The minimum absolute atomic E-state index is 0.0970. The first-order chi connectivity index (χ1) is 12.5. The van der Waals surface area contributed by atoms with Crippen LogP contribution in [0.5, 0.6) is 5.75 Å². The summed E-state index contributed by atoms with van der Waals surface area (Å²) in [5.74, 6) is 0.0970. The lowest BCUT2D eigenvalue weighted by atomic mass is 10.2. The van der Waals surface area contributed by atoms with E-state index in [0.29, 0.717) is 19.6 Å². The number of halogens is 2. The van der Waals surface area contributed by atoms with Crippen LogP contribution in [0.3, 0.4) is 0 Å². The topological polar surface area (TPSA) is 44.8 Å². The first-order valence-electron chi connectivity index (χ1n) is 8.24. The molecule has 0 radical (unpaired) electrons. The third-order valence-corrected chi connectivity index (χ3v) is 3.84. The predicted octanol–water partition coefficient (Wildman–Crippen LogP) is 3.57. The third kappa shape index (κ3) is 6.23. The molecule has 140 valence electrons. The molecule has 0 heterocycles. The summed E-state index contributed by atoms with van der Waals surface area (Å²) in [7, 11) is 3.65. The van der Waals surface area contributed by atoms with Crippen LogP contribution in [0.25, 0.3) is 0 Å². The molecular formula is C19H23F2N3O2. The number of para-hydroxylation sites is 1. The maximum absolute atomic E-state index is 12.2. The SMILES string of the molecule is CN(Cc1ccc(OC(F)F)cc1)C(=O)NCCN(C)c1ccccc1. The van der Waals surface area contributed by atoms with Gasteiger partial charge in [-0.15, -0.1) is 0 Å². The first kappa shape index (κ1) is 19.5. The number of likely N-dealkylation sites (N-methyl/N-ethyl adjacent to an activating group) is 1. The Morgan fingerprint density at radius 3 is 2.35 bits per heavy atom. The number of urea groups is 1. The minimum Gasteiger partial charge on any atom is -0.435 e. The van der Waals surface area contributed by atoms with Crippen molar-refractivity contribution >= 4 is 11.7 Å². The van der Waals surface area contributed by atoms with E-state index in [1.165, 1.54) is 17.0 Å². The van der Waals surface area contributed by atoms with Gasteiger partial charge in [-0.1, -0.05) is 30.3 Å². The average Bonchev–Trinajstić information content (AvgIpc) is 2.63. The van der Waals surface area contributed by atoms with Gasteiger partial charge in [-0.3, -0.25) is 0 Å². The molecule has 2 rings (SSSR count). The van der Waals surface area contributed by atoms with Gasteiger partial charge in [-0.05, 0) is 29.8 Å². The fraction of sp³-hybridized carbons (Fsp3) is 0.316. The number of nitrogens with one attached hydrogen (secondary N) is 1. The second-order valence-electron chi connectivity index (χ2n) is 5.87. The van der Waals surface area contributed by atoms with Crippen LogP contribution in [0.15, 0.2) is 54.6 Å². The molecule has 2 aromatic carbocycles. The van der Waals surface area contributed by atoms with E-state index < -0.39 is 6.61 Å². The molecule has 2 aromatic rings. The molecule has 1 N–H and O–H groups in total. The highest BCUT2D eigenvalue weighted by atomic mass is 19.3. The number of benzene rings is 2. The van der Waals surface area contributed by atoms with Gasteiger partial charge in [0.2, 0.25) is 0 Å². The van der Waals surface area contributed by atoms with E-state index in [4.69, 9.17) is 0 Å². The van der Waals surface area contributed by atoms with E-state index in [1.807, 2.05) is 37.4 Å². The van der Waals surface area contributed by atoms with Crippen molar-refractivity contribution in [3.05, 3.63) is 60.2 Å². The van der Waals surface area contributed by atoms with Crippen molar-refractivity contribution in [2.75, 3.05) is 32.1 Å². The molecule has 2 amide bonds. The maximum Gasteiger partial charge on any atom is 0.387 e. The Hall–Kier alpha value is -2.83. The van der Waals surface area contributed by atoms with Crippen molar-refractivity contribution in [1.82, 2.24) is 10.2 Å². The van der Waals surface area contributed by atoms with E-state index in [0.717, 1.165) is 11.3 Å². The molecule has 0 aliphatic rings. The van der Waals surface area contributed by atoms with Gasteiger partial charge in [-0.2, -0.15) is 8.78 Å². The highest BCUT2D eigenvalue weighted by Crippen LogP contribution is 2.15. The zero-order valence-electron chi connectivity index (χ0n) is 14.9. The zero-order valence-corrected chi connectivity index (χ0v) is 14.9. The van der Waals surface area contributed by atoms with Gasteiger partial charge in [0.25, 0.3) is 0 Å². The standard InChI is InChI=1S/C19H23F2N3O2/c1-23(16-6-4-3-5-7-16)13-12-22-19(25)24(2)14-15-8-10-17(11-9-15)26-18(20)21/h3-11,18H,12-14H2,1-2H3,(H,22,25). The molecular weight excluding hydrogens is 340 g/mol. The summed E-state index contributed by atoms with van der Waals surface area (Å²) >= 11 is 0. The van der Waals surface area contributed by atoms with E-state index in [1.54, 1.807) is 19.2 Å². The number of rotatable bonds is 8. The highest BCUT2D eigenvalue weighted by Gasteiger charge is 2.10. The fourth-order valence-electron chi connectivity index (χ4n) is 2.40. The Bertz CT molecular complexity index is 681. The van der Waals surface area contributed by atoms with Gasteiger partial charge < -0.3 is 19.9 Å². The van der Waals surface area contributed by atoms with Crippen LogP contribution in [0.4, 0.5) is 19.3 Å². The lowest BCUT2D eigenvalue weighted by Crippen LogP contribution is -2.40. The summed E-state index contributed by atoms with van der Waals surface area (Å²) in [6, 6.07) is 16.0. The molecule has 26 heavy (non-hydrogen) atoms. The molecule has 7 heteroatoms. The van der Waals surface area contributed by atoms with E-state index in [-0.39, 0.29) is 11.8 Å². The summed E-state index contributed by atoms with van der Waals surface area (Å²) in [5, 5.41) is 2.86. The van der Waals surface area contributed by atoms with Gasteiger partial charge in [0.1, 0.15) is 5.75 Å². The summed E-state index contributed by atoms with van der Waals surface area (Å²) in [6.45, 7) is -1.28. The average molecular weight is 363 g/mol. The van der Waals surface area contributed by atoms with Gasteiger partial charge in [0.15, 0.2) is 0 Å². The monoisotopic (exact) mass is 363 g/mol. The molecule has 0 atom stereocenters. The van der Waals surface area contributed by atoms with Crippen LogP contribution in [0.1, 0.15) is 5.56 Å². The zero-order chi connectivity index (χ0) is 18.9. The Labute approximate surface area is 152 Å². The number of hydrogen-bond donors (Lipinski definition) is 1. The van der Waals surface area contributed by atoms with Crippen molar-refractivity contribution in [3.63, 3.8) is 0 Å². The Kier molecular flexibility index (Phi) is 7.20. The van der Waals surface area contributed by atoms with Crippen LogP contribution in [-0.2, 0) is 6.54 Å². The van der Waals surface area contributed by atoms with Crippen LogP contribution in [0, 0.1) is 0 Å². The lowest BCUT2D eigenvalue weighted by Gasteiger charge is -2.22. The number of nitrogens with zero attached hydrogens (tertiary/aromatic N) is 2. The molecule has 0 unspecified atom stereocenters. The number of ether oxygens (including phenoxy) is 1. The van der Waals surface area contributed by atoms with Crippen molar-refractivity contribution in [3.8, 4) is 5.75 Å². The fourth-order valence-corrected chi connectivity index (χ4v) is 2.40. The molecule has 5 nitrogen and oxygen atoms in total. The van der Waals surface area contributed by atoms with Crippen molar-refractivity contribution < 1.29 is 18.3 Å². The molecule has 0 spiro atoms. The van der Waals surface area contributed by atoms with E-state index in [2.05, 4.69) is 15.0 Å². The van der Waals surface area contributed by atoms with Gasteiger partial charge in [0.05, 0.1) is 0 Å². The Morgan fingerprint density at radius 2 is 1.73 bits per heavy atom.